The number of H-pyrrole nitrogens is 1. The van der Waals surface area contributed by atoms with Crippen molar-refractivity contribution in [1.29, 1.82) is 0 Å². The first kappa shape index (κ1) is 8.97. The fourth-order valence-electron chi connectivity index (χ4n) is 1.84. The van der Waals surface area contributed by atoms with E-state index in [0.29, 0.717) is 5.69 Å². The van der Waals surface area contributed by atoms with Crippen molar-refractivity contribution in [2.75, 3.05) is 5.73 Å². The lowest BCUT2D eigenvalue weighted by molar-refractivity contribution is 1.29. The van der Waals surface area contributed by atoms with Crippen LogP contribution in [-0.2, 0) is 0 Å². The van der Waals surface area contributed by atoms with E-state index in [2.05, 4.69) is 22.1 Å². The Labute approximate surface area is 92.9 Å². The van der Waals surface area contributed by atoms with Crippen LogP contribution in [0, 0.1) is 0 Å². The molecule has 0 radical (unpaired) electrons. The molecule has 2 aromatic heterocycles. The van der Waals surface area contributed by atoms with Gasteiger partial charge in [-0.25, -0.2) is 0 Å². The standard InChI is InChI=1S/C13H11N3/c14-10-5-3-7-15-13(10)12-8-9-4-1-2-6-11(9)16-12/h1-8,16H,14H2. The van der Waals surface area contributed by atoms with Crippen LogP contribution in [0.5, 0.6) is 0 Å². The molecule has 3 aromatic rings. The van der Waals surface area contributed by atoms with Crippen LogP contribution in [0.1, 0.15) is 0 Å². The van der Waals surface area contributed by atoms with Gasteiger partial charge in [0.15, 0.2) is 0 Å². The summed E-state index contributed by atoms with van der Waals surface area (Å²) in [5.41, 5.74) is 9.44. The highest BCUT2D eigenvalue weighted by Crippen LogP contribution is 2.25. The number of aromatic nitrogens is 2. The molecule has 3 rings (SSSR count). The van der Waals surface area contributed by atoms with Crippen LogP contribution in [0.2, 0.25) is 0 Å². The molecule has 3 N–H and O–H groups in total. The number of para-hydroxylation sites is 1. The van der Waals surface area contributed by atoms with Crippen LogP contribution >= 0.6 is 0 Å². The zero-order chi connectivity index (χ0) is 11.0. The molecule has 0 aliphatic carbocycles. The lowest BCUT2D eigenvalue weighted by Gasteiger charge is -2.00. The van der Waals surface area contributed by atoms with Crippen LogP contribution in [0.25, 0.3) is 22.3 Å². The van der Waals surface area contributed by atoms with Crippen molar-refractivity contribution in [3.05, 3.63) is 48.7 Å². The van der Waals surface area contributed by atoms with Gasteiger partial charge in [-0.1, -0.05) is 18.2 Å². The summed E-state index contributed by atoms with van der Waals surface area (Å²) in [7, 11) is 0. The molecule has 0 saturated carbocycles. The number of nitrogens with zero attached hydrogens (tertiary/aromatic N) is 1. The quantitative estimate of drug-likeness (QED) is 0.647. The van der Waals surface area contributed by atoms with Gasteiger partial charge in [-0.05, 0) is 24.3 Å². The number of hydrogen-bond donors (Lipinski definition) is 2. The van der Waals surface area contributed by atoms with Crippen molar-refractivity contribution in [2.24, 2.45) is 0 Å². The second-order valence-corrected chi connectivity index (χ2v) is 3.71. The Kier molecular flexibility index (Phi) is 1.90. The summed E-state index contributed by atoms with van der Waals surface area (Å²) in [4.78, 5) is 7.60. The van der Waals surface area contributed by atoms with Gasteiger partial charge in [0.2, 0.25) is 0 Å². The fourth-order valence-corrected chi connectivity index (χ4v) is 1.84. The van der Waals surface area contributed by atoms with E-state index in [0.717, 1.165) is 16.9 Å². The predicted octanol–water partition coefficient (Wildman–Crippen LogP) is 2.81. The van der Waals surface area contributed by atoms with Gasteiger partial charge in [-0.15, -0.1) is 0 Å². The van der Waals surface area contributed by atoms with Crippen LogP contribution in [-0.4, -0.2) is 9.97 Å². The minimum atomic E-state index is 0.689. The highest BCUT2D eigenvalue weighted by molar-refractivity contribution is 5.87. The van der Waals surface area contributed by atoms with E-state index in [4.69, 9.17) is 5.73 Å². The summed E-state index contributed by atoms with van der Waals surface area (Å²) in [5.74, 6) is 0. The Balaban J connectivity index is 2.23. The number of pyridine rings is 1. The van der Waals surface area contributed by atoms with Crippen molar-refractivity contribution in [1.82, 2.24) is 9.97 Å². The monoisotopic (exact) mass is 209 g/mol. The maximum atomic E-state index is 5.89. The average Bonchev–Trinajstić information content (AvgIpc) is 2.73. The van der Waals surface area contributed by atoms with Gasteiger partial charge in [-0.2, -0.15) is 0 Å². The Hall–Kier alpha value is -2.29. The first-order valence-corrected chi connectivity index (χ1v) is 5.13. The van der Waals surface area contributed by atoms with Gasteiger partial charge in [0.05, 0.1) is 11.4 Å². The molecule has 0 amide bonds. The van der Waals surface area contributed by atoms with Crippen molar-refractivity contribution in [3.63, 3.8) is 0 Å². The van der Waals surface area contributed by atoms with E-state index >= 15 is 0 Å². The van der Waals surface area contributed by atoms with E-state index < -0.39 is 0 Å². The molecule has 0 saturated heterocycles. The molecule has 0 aliphatic heterocycles. The van der Waals surface area contributed by atoms with Crippen LogP contribution < -0.4 is 5.73 Å². The second-order valence-electron chi connectivity index (χ2n) is 3.71. The lowest BCUT2D eigenvalue weighted by Crippen LogP contribution is -1.92. The molecule has 78 valence electrons. The van der Waals surface area contributed by atoms with Gasteiger partial charge < -0.3 is 10.7 Å². The average molecular weight is 209 g/mol. The van der Waals surface area contributed by atoms with E-state index in [9.17, 15) is 0 Å². The maximum Gasteiger partial charge on any atom is 0.109 e. The zero-order valence-corrected chi connectivity index (χ0v) is 8.64. The van der Waals surface area contributed by atoms with Gasteiger partial charge in [0.25, 0.3) is 0 Å². The first-order chi connectivity index (χ1) is 7.84. The highest BCUT2D eigenvalue weighted by atomic mass is 14.8. The summed E-state index contributed by atoms with van der Waals surface area (Å²) in [5, 5.41) is 1.17. The third-order valence-corrected chi connectivity index (χ3v) is 2.62. The van der Waals surface area contributed by atoms with Crippen molar-refractivity contribution < 1.29 is 0 Å². The third-order valence-electron chi connectivity index (χ3n) is 2.62. The van der Waals surface area contributed by atoms with Crippen LogP contribution in [0.15, 0.2) is 48.7 Å². The minimum absolute atomic E-state index is 0.689. The van der Waals surface area contributed by atoms with Crippen molar-refractivity contribution in [2.45, 2.75) is 0 Å². The van der Waals surface area contributed by atoms with E-state index in [-0.39, 0.29) is 0 Å². The number of nitrogen functional groups attached to an aromatic ring is 1. The van der Waals surface area contributed by atoms with Gasteiger partial charge >= 0.3 is 0 Å². The Bertz CT molecular complexity index is 607. The molecule has 1 aromatic carbocycles. The van der Waals surface area contributed by atoms with Gasteiger partial charge in [-0.3, -0.25) is 4.98 Å². The Morgan fingerprint density at radius 2 is 1.94 bits per heavy atom. The number of anilines is 1. The number of aromatic amines is 1. The molecule has 0 spiro atoms. The normalized spacial score (nSPS) is 10.8. The fraction of sp³-hybridized carbons (Fsp3) is 0. The highest BCUT2D eigenvalue weighted by Gasteiger charge is 2.06. The number of benzene rings is 1. The van der Waals surface area contributed by atoms with E-state index in [1.54, 1.807) is 6.20 Å². The molecule has 2 heterocycles. The topological polar surface area (TPSA) is 54.7 Å². The SMILES string of the molecule is Nc1cccnc1-c1cc2ccccc2[nH]1. The number of fused-ring (bicyclic) bond motifs is 1. The molecular weight excluding hydrogens is 198 g/mol. The van der Waals surface area contributed by atoms with Crippen molar-refractivity contribution in [3.8, 4) is 11.4 Å². The summed E-state index contributed by atoms with van der Waals surface area (Å²) < 4.78 is 0. The minimum Gasteiger partial charge on any atom is -0.397 e. The summed E-state index contributed by atoms with van der Waals surface area (Å²) in [6.07, 6.45) is 1.75. The van der Waals surface area contributed by atoms with Crippen LogP contribution in [0.4, 0.5) is 5.69 Å². The molecule has 16 heavy (non-hydrogen) atoms. The van der Waals surface area contributed by atoms with E-state index in [1.807, 2.05) is 30.3 Å². The molecule has 3 heteroatoms. The van der Waals surface area contributed by atoms with Gasteiger partial charge in [0, 0.05) is 17.1 Å². The maximum absolute atomic E-state index is 5.89. The first-order valence-electron chi connectivity index (χ1n) is 5.13. The smallest absolute Gasteiger partial charge is 0.109 e. The summed E-state index contributed by atoms with van der Waals surface area (Å²) in [6, 6.07) is 13.9. The molecule has 0 aliphatic rings. The molecule has 3 nitrogen and oxygen atoms in total. The number of nitrogens with one attached hydrogen (secondary N) is 1. The summed E-state index contributed by atoms with van der Waals surface area (Å²) >= 11 is 0. The Morgan fingerprint density at radius 1 is 1.06 bits per heavy atom. The second kappa shape index (κ2) is 3.38. The van der Waals surface area contributed by atoms with Crippen molar-refractivity contribution >= 4 is 16.6 Å². The van der Waals surface area contributed by atoms with Gasteiger partial charge in [0.1, 0.15) is 5.69 Å². The third kappa shape index (κ3) is 1.34. The Morgan fingerprint density at radius 3 is 2.75 bits per heavy atom. The molecule has 0 fully saturated rings. The predicted molar refractivity (Wildman–Crippen MR) is 65.9 cm³/mol. The molecule has 0 unspecified atom stereocenters. The largest absolute Gasteiger partial charge is 0.397 e. The number of hydrogen-bond acceptors (Lipinski definition) is 2. The summed E-state index contributed by atoms with van der Waals surface area (Å²) in [6.45, 7) is 0. The lowest BCUT2D eigenvalue weighted by atomic mass is 10.2. The van der Waals surface area contributed by atoms with Crippen LogP contribution in [0.3, 0.4) is 0 Å². The number of rotatable bonds is 1. The zero-order valence-electron chi connectivity index (χ0n) is 8.64. The molecule has 0 atom stereocenters. The number of nitrogens with two attached hydrogens (primary N) is 1. The van der Waals surface area contributed by atoms with E-state index in [1.165, 1.54) is 5.39 Å². The molecule has 0 bridgehead atoms. The molecular formula is C13H11N3.